The molecule has 5 heteroatoms. The molecule has 1 aliphatic heterocycles. The summed E-state index contributed by atoms with van der Waals surface area (Å²) in [5.74, 6) is 1.50. The average Bonchev–Trinajstić information content (AvgIpc) is 3.00. The molecule has 2 aromatic rings. The minimum Gasteiger partial charge on any atom is -0.454 e. The number of furan rings is 1. The fourth-order valence-electron chi connectivity index (χ4n) is 2.28. The van der Waals surface area contributed by atoms with Crippen LogP contribution in [-0.2, 0) is 4.74 Å². The molecule has 0 N–H and O–H groups in total. The summed E-state index contributed by atoms with van der Waals surface area (Å²) in [6.45, 7) is 5.02. The highest BCUT2D eigenvalue weighted by molar-refractivity contribution is 7.80. The third-order valence-corrected chi connectivity index (χ3v) is 4.44. The van der Waals surface area contributed by atoms with Gasteiger partial charge in [0.25, 0.3) is 0 Å². The Morgan fingerprint density at radius 1 is 1.19 bits per heavy atom. The van der Waals surface area contributed by atoms with Gasteiger partial charge < -0.3 is 14.1 Å². The molecule has 1 aromatic heterocycles. The van der Waals surface area contributed by atoms with Crippen molar-refractivity contribution in [3.63, 3.8) is 0 Å². The second kappa shape index (κ2) is 6.18. The Kier molecular flexibility index (Phi) is 4.29. The molecule has 3 rings (SSSR count). The van der Waals surface area contributed by atoms with Crippen LogP contribution in [-0.4, -0.2) is 36.2 Å². The highest BCUT2D eigenvalue weighted by atomic mass is 35.5. The number of hydrogen-bond acceptors (Lipinski definition) is 3. The molecule has 2 heterocycles. The van der Waals surface area contributed by atoms with Crippen LogP contribution in [0.5, 0.6) is 0 Å². The van der Waals surface area contributed by atoms with Crippen LogP contribution in [0, 0.1) is 6.92 Å². The molecule has 1 aromatic carbocycles. The summed E-state index contributed by atoms with van der Waals surface area (Å²) in [6, 6.07) is 9.75. The predicted octanol–water partition coefficient (Wildman–Crippen LogP) is 3.92. The Labute approximate surface area is 134 Å². The zero-order valence-corrected chi connectivity index (χ0v) is 13.3. The molecule has 0 amide bonds. The third kappa shape index (κ3) is 3.12. The van der Waals surface area contributed by atoms with Gasteiger partial charge in [0, 0.05) is 23.7 Å². The Balaban J connectivity index is 1.82. The van der Waals surface area contributed by atoms with E-state index in [4.69, 9.17) is 33.0 Å². The summed E-state index contributed by atoms with van der Waals surface area (Å²) in [4.78, 5) is 2.85. The number of nitrogens with zero attached hydrogens (tertiary/aromatic N) is 1. The Bertz CT molecular complexity index is 662. The van der Waals surface area contributed by atoms with Gasteiger partial charge in [0.1, 0.15) is 10.7 Å². The van der Waals surface area contributed by atoms with Gasteiger partial charge >= 0.3 is 0 Å². The van der Waals surface area contributed by atoms with Crippen molar-refractivity contribution in [1.29, 1.82) is 0 Å². The lowest BCUT2D eigenvalue weighted by Gasteiger charge is -2.28. The fourth-order valence-corrected chi connectivity index (χ4v) is 2.75. The van der Waals surface area contributed by atoms with Gasteiger partial charge in [0.05, 0.1) is 13.2 Å². The van der Waals surface area contributed by atoms with Crippen LogP contribution in [0.15, 0.2) is 34.7 Å². The van der Waals surface area contributed by atoms with Crippen LogP contribution < -0.4 is 0 Å². The van der Waals surface area contributed by atoms with E-state index in [1.165, 1.54) is 0 Å². The van der Waals surface area contributed by atoms with Crippen molar-refractivity contribution in [3.05, 3.63) is 46.7 Å². The topological polar surface area (TPSA) is 25.6 Å². The SMILES string of the molecule is Cc1ccc(-c2ccc(C(=S)N3CCOCC3)o2)cc1Cl. The monoisotopic (exact) mass is 321 g/mol. The van der Waals surface area contributed by atoms with E-state index in [1.54, 1.807) is 0 Å². The van der Waals surface area contributed by atoms with Gasteiger partial charge in [-0.3, -0.25) is 0 Å². The van der Waals surface area contributed by atoms with E-state index in [0.29, 0.717) is 13.2 Å². The van der Waals surface area contributed by atoms with Gasteiger partial charge in [-0.15, -0.1) is 0 Å². The van der Waals surface area contributed by atoms with Gasteiger partial charge in [-0.1, -0.05) is 36.0 Å². The normalized spacial score (nSPS) is 15.2. The minimum absolute atomic E-state index is 0.710. The highest BCUT2D eigenvalue weighted by Gasteiger charge is 2.18. The number of thiocarbonyl (C=S) groups is 1. The molecule has 0 radical (unpaired) electrons. The van der Waals surface area contributed by atoms with Crippen molar-refractivity contribution in [2.24, 2.45) is 0 Å². The Hall–Kier alpha value is -1.36. The van der Waals surface area contributed by atoms with Crippen LogP contribution in [0.4, 0.5) is 0 Å². The van der Waals surface area contributed by atoms with Gasteiger partial charge in [-0.05, 0) is 30.7 Å². The first-order chi connectivity index (χ1) is 10.1. The first kappa shape index (κ1) is 14.6. The van der Waals surface area contributed by atoms with Crippen LogP contribution >= 0.6 is 23.8 Å². The van der Waals surface area contributed by atoms with Gasteiger partial charge in [0.2, 0.25) is 0 Å². The van der Waals surface area contributed by atoms with E-state index in [-0.39, 0.29) is 0 Å². The zero-order chi connectivity index (χ0) is 14.8. The second-order valence-electron chi connectivity index (χ2n) is 5.03. The maximum Gasteiger partial charge on any atom is 0.162 e. The molecule has 1 saturated heterocycles. The summed E-state index contributed by atoms with van der Waals surface area (Å²) >= 11 is 11.7. The van der Waals surface area contributed by atoms with E-state index < -0.39 is 0 Å². The van der Waals surface area contributed by atoms with E-state index in [0.717, 1.165) is 45.7 Å². The van der Waals surface area contributed by atoms with Crippen molar-refractivity contribution >= 4 is 28.8 Å². The van der Waals surface area contributed by atoms with Gasteiger partial charge in [0.15, 0.2) is 5.76 Å². The van der Waals surface area contributed by atoms with E-state index in [1.807, 2.05) is 37.3 Å². The maximum absolute atomic E-state index is 6.17. The molecule has 1 aliphatic rings. The van der Waals surface area contributed by atoms with Crippen LogP contribution in [0.3, 0.4) is 0 Å². The summed E-state index contributed by atoms with van der Waals surface area (Å²) in [7, 11) is 0. The lowest BCUT2D eigenvalue weighted by atomic mass is 10.1. The van der Waals surface area contributed by atoms with Crippen LogP contribution in [0.2, 0.25) is 5.02 Å². The molecule has 0 spiro atoms. The second-order valence-corrected chi connectivity index (χ2v) is 5.83. The first-order valence-electron chi connectivity index (χ1n) is 6.88. The van der Waals surface area contributed by atoms with Crippen LogP contribution in [0.1, 0.15) is 11.3 Å². The zero-order valence-electron chi connectivity index (χ0n) is 11.8. The number of morpholine rings is 1. The number of halogens is 1. The first-order valence-corrected chi connectivity index (χ1v) is 7.67. The average molecular weight is 322 g/mol. The Morgan fingerprint density at radius 3 is 2.67 bits per heavy atom. The molecular formula is C16H16ClNO2S. The molecule has 0 atom stereocenters. The summed E-state index contributed by atoms with van der Waals surface area (Å²) in [5, 5.41) is 0.737. The van der Waals surface area contributed by atoms with E-state index in [2.05, 4.69) is 4.90 Å². The van der Waals surface area contributed by atoms with Crippen molar-refractivity contribution in [2.45, 2.75) is 6.92 Å². The summed E-state index contributed by atoms with van der Waals surface area (Å²) in [6.07, 6.45) is 0. The summed E-state index contributed by atoms with van der Waals surface area (Å²) < 4.78 is 11.2. The smallest absolute Gasteiger partial charge is 0.162 e. The maximum atomic E-state index is 6.17. The number of aryl methyl sites for hydroxylation is 1. The number of benzene rings is 1. The lowest BCUT2D eigenvalue weighted by molar-refractivity contribution is 0.0688. The molecule has 110 valence electrons. The fraction of sp³-hybridized carbons (Fsp3) is 0.312. The lowest BCUT2D eigenvalue weighted by Crippen LogP contribution is -2.40. The largest absolute Gasteiger partial charge is 0.454 e. The van der Waals surface area contributed by atoms with Crippen molar-refractivity contribution in [1.82, 2.24) is 4.90 Å². The van der Waals surface area contributed by atoms with E-state index in [9.17, 15) is 0 Å². The number of hydrogen-bond donors (Lipinski definition) is 0. The minimum atomic E-state index is 0.710. The predicted molar refractivity (Wildman–Crippen MR) is 88.0 cm³/mol. The molecule has 0 aliphatic carbocycles. The van der Waals surface area contributed by atoms with Crippen LogP contribution in [0.25, 0.3) is 11.3 Å². The molecule has 0 bridgehead atoms. The molecule has 1 fully saturated rings. The number of rotatable bonds is 2. The molecule has 0 unspecified atom stereocenters. The quantitative estimate of drug-likeness (QED) is 0.783. The standard InChI is InChI=1S/C16H16ClNO2S/c1-11-2-3-12(10-13(11)17)14-4-5-15(20-14)16(21)18-6-8-19-9-7-18/h2-5,10H,6-9H2,1H3. The van der Waals surface area contributed by atoms with Gasteiger partial charge in [-0.25, -0.2) is 0 Å². The van der Waals surface area contributed by atoms with Gasteiger partial charge in [-0.2, -0.15) is 0 Å². The Morgan fingerprint density at radius 2 is 1.95 bits per heavy atom. The molecule has 21 heavy (non-hydrogen) atoms. The number of ether oxygens (including phenoxy) is 1. The highest BCUT2D eigenvalue weighted by Crippen LogP contribution is 2.27. The van der Waals surface area contributed by atoms with Crippen molar-refractivity contribution in [3.8, 4) is 11.3 Å². The molecular weight excluding hydrogens is 306 g/mol. The molecule has 0 saturated carbocycles. The van der Waals surface area contributed by atoms with Crippen molar-refractivity contribution < 1.29 is 9.15 Å². The summed E-state index contributed by atoms with van der Waals surface area (Å²) in [5.41, 5.74) is 2.01. The molecule has 3 nitrogen and oxygen atoms in total. The van der Waals surface area contributed by atoms with Crippen molar-refractivity contribution in [2.75, 3.05) is 26.3 Å². The van der Waals surface area contributed by atoms with E-state index >= 15 is 0 Å². The third-order valence-electron chi connectivity index (χ3n) is 3.57.